The fraction of sp³-hybridized carbons (Fsp3) is 0.818. The minimum absolute atomic E-state index is 0.299. The number of halogens is 1. The molecule has 1 N–H and O–H groups in total. The van der Waals surface area contributed by atoms with Crippen molar-refractivity contribution in [2.75, 3.05) is 16.7 Å². The molecule has 0 aromatic carbocycles. The highest BCUT2D eigenvalue weighted by Crippen LogP contribution is 2.36. The summed E-state index contributed by atoms with van der Waals surface area (Å²) < 4.78 is 1.27. The van der Waals surface area contributed by atoms with Gasteiger partial charge < -0.3 is 5.32 Å². The van der Waals surface area contributed by atoms with Crippen LogP contribution in [0.25, 0.3) is 0 Å². The fourth-order valence-corrected chi connectivity index (χ4v) is 3.29. The normalized spacial score (nSPS) is 38.3. The predicted molar refractivity (Wildman–Crippen MR) is 62.9 cm³/mol. The van der Waals surface area contributed by atoms with Crippen molar-refractivity contribution in [3.63, 3.8) is 0 Å². The molecule has 1 aliphatic heterocycles. The lowest BCUT2D eigenvalue weighted by Gasteiger charge is -2.38. The number of hydrogen-bond donors (Lipinski definition) is 2. The Morgan fingerprint density at radius 2 is 2.36 bits per heavy atom. The van der Waals surface area contributed by atoms with E-state index in [0.29, 0.717) is 17.4 Å². The summed E-state index contributed by atoms with van der Waals surface area (Å²) in [6.07, 6.45) is 5.94. The van der Waals surface area contributed by atoms with Crippen LogP contribution in [0.2, 0.25) is 0 Å². The van der Waals surface area contributed by atoms with Crippen LogP contribution in [0.15, 0.2) is 12.2 Å². The lowest BCUT2D eigenvalue weighted by Crippen LogP contribution is -3.35. The molecule has 82 valence electrons. The topological polar surface area (TPSA) is 12.0 Å². The van der Waals surface area contributed by atoms with E-state index < -0.39 is 0 Å². The van der Waals surface area contributed by atoms with Crippen molar-refractivity contribution < 1.29 is 22.6 Å². The van der Waals surface area contributed by atoms with Gasteiger partial charge in [0.15, 0.2) is 0 Å². The molecular weight excluding hydrogens is 305 g/mol. The Morgan fingerprint density at radius 3 is 2.93 bits per heavy atom. The summed E-state index contributed by atoms with van der Waals surface area (Å²) in [5.41, 5.74) is 0.299. The van der Waals surface area contributed by atoms with Gasteiger partial charge in [-0.25, -0.2) is 0 Å². The lowest BCUT2D eigenvalue weighted by atomic mass is 9.72. The molecule has 1 aliphatic rings. The van der Waals surface area contributed by atoms with Gasteiger partial charge >= 0.3 is 0 Å². The first kappa shape index (κ1) is 12.8. The van der Waals surface area contributed by atoms with Gasteiger partial charge in [-0.2, -0.15) is 12.6 Å². The van der Waals surface area contributed by atoms with Crippen molar-refractivity contribution in [2.45, 2.75) is 26.3 Å². The quantitative estimate of drug-likeness (QED) is 0.286. The third-order valence-corrected chi connectivity index (χ3v) is 4.87. The van der Waals surface area contributed by atoms with Crippen molar-refractivity contribution in [1.29, 1.82) is 0 Å². The molecule has 1 rings (SSSR count). The molecule has 0 saturated heterocycles. The van der Waals surface area contributed by atoms with Crippen LogP contribution in [0, 0.1) is 11.3 Å². The van der Waals surface area contributed by atoms with E-state index in [2.05, 4.69) is 66.5 Å². The van der Waals surface area contributed by atoms with E-state index in [1.54, 1.807) is 0 Å². The van der Waals surface area contributed by atoms with Crippen LogP contribution in [0.4, 0.5) is 0 Å². The molecular formula is C11H21INS+. The number of alkyl halides is 1. The molecule has 3 heteroatoms. The SMILES string of the molecule is CC1NCC=CC(CC[IH+])C1(C)CS. The smallest absolute Gasteiger partial charge is 0.252 e. The van der Waals surface area contributed by atoms with Gasteiger partial charge in [-0.05, 0) is 30.4 Å². The summed E-state index contributed by atoms with van der Waals surface area (Å²) in [7, 11) is 0. The van der Waals surface area contributed by atoms with Gasteiger partial charge in [-0.1, -0.05) is 19.1 Å². The molecule has 1 heterocycles. The molecule has 3 atom stereocenters. The molecule has 3 unspecified atom stereocenters. The third-order valence-electron chi connectivity index (χ3n) is 3.52. The first-order valence-corrected chi connectivity index (χ1v) is 7.52. The van der Waals surface area contributed by atoms with Gasteiger partial charge in [0.25, 0.3) is 22.6 Å². The fourth-order valence-electron chi connectivity index (χ4n) is 2.06. The Morgan fingerprint density at radius 1 is 1.64 bits per heavy atom. The van der Waals surface area contributed by atoms with E-state index in [9.17, 15) is 0 Å². The summed E-state index contributed by atoms with van der Waals surface area (Å²) >= 11 is 6.73. The van der Waals surface area contributed by atoms with Crippen molar-refractivity contribution >= 4 is 12.6 Å². The first-order valence-electron chi connectivity index (χ1n) is 5.24. The standard InChI is InChI=1S/C11H20INS/c1-9-11(2,8-14)10(5-6-12)4-3-7-13-9/h3-4,9-10,12-13H,5-8H2,1-2H3/p+1. The zero-order chi connectivity index (χ0) is 10.6. The molecule has 0 spiro atoms. The van der Waals surface area contributed by atoms with Gasteiger partial charge in [0.05, 0.1) is 0 Å². The maximum atomic E-state index is 4.54. The highest BCUT2D eigenvalue weighted by molar-refractivity contribution is 7.80. The molecule has 0 aromatic rings. The Bertz CT molecular complexity index is 207. The van der Waals surface area contributed by atoms with Gasteiger partial charge in [0.1, 0.15) is 4.43 Å². The zero-order valence-corrected chi connectivity index (χ0v) is 12.2. The van der Waals surface area contributed by atoms with Crippen LogP contribution in [-0.4, -0.2) is 22.8 Å². The van der Waals surface area contributed by atoms with Crippen LogP contribution in [0.3, 0.4) is 0 Å². The largest absolute Gasteiger partial charge is 0.310 e. The maximum Gasteiger partial charge on any atom is 0.252 e. The molecule has 1 nitrogen and oxygen atoms in total. The highest BCUT2D eigenvalue weighted by atomic mass is 127. The van der Waals surface area contributed by atoms with Gasteiger partial charge in [0.2, 0.25) is 0 Å². The summed E-state index contributed by atoms with van der Waals surface area (Å²) in [5.74, 6) is 1.63. The molecule has 0 aliphatic carbocycles. The molecule has 0 amide bonds. The van der Waals surface area contributed by atoms with Crippen LogP contribution in [0.5, 0.6) is 0 Å². The Labute approximate surface area is 107 Å². The molecule has 14 heavy (non-hydrogen) atoms. The molecule has 0 fully saturated rings. The molecule has 0 aromatic heterocycles. The van der Waals surface area contributed by atoms with E-state index in [0.717, 1.165) is 12.3 Å². The minimum atomic E-state index is 0.299. The van der Waals surface area contributed by atoms with E-state index in [1.165, 1.54) is 10.8 Å². The molecule has 0 saturated carbocycles. The Balaban J connectivity index is 2.83. The Kier molecular flexibility index (Phi) is 5.28. The van der Waals surface area contributed by atoms with Crippen molar-refractivity contribution in [1.82, 2.24) is 5.32 Å². The molecule has 0 bridgehead atoms. The number of thiol groups is 1. The predicted octanol–water partition coefficient (Wildman–Crippen LogP) is -1.24. The monoisotopic (exact) mass is 326 g/mol. The highest BCUT2D eigenvalue weighted by Gasteiger charge is 2.37. The third kappa shape index (κ3) is 2.67. The summed E-state index contributed by atoms with van der Waals surface area (Å²) in [6, 6.07) is 0.549. The summed E-state index contributed by atoms with van der Waals surface area (Å²) in [6.45, 7) is 5.65. The van der Waals surface area contributed by atoms with Gasteiger partial charge in [0, 0.05) is 12.6 Å². The number of hydrogen-bond acceptors (Lipinski definition) is 2. The van der Waals surface area contributed by atoms with Gasteiger partial charge in [-0.15, -0.1) is 0 Å². The summed E-state index contributed by atoms with van der Waals surface area (Å²) in [5, 5.41) is 3.54. The van der Waals surface area contributed by atoms with E-state index >= 15 is 0 Å². The minimum Gasteiger partial charge on any atom is -0.310 e. The van der Waals surface area contributed by atoms with Crippen molar-refractivity contribution in [2.24, 2.45) is 11.3 Å². The number of rotatable bonds is 3. The lowest BCUT2D eigenvalue weighted by molar-refractivity contribution is -0.370. The average molecular weight is 326 g/mol. The van der Waals surface area contributed by atoms with E-state index in [4.69, 9.17) is 0 Å². The second-order valence-corrected chi connectivity index (χ2v) is 5.80. The average Bonchev–Trinajstić information content (AvgIpc) is 2.32. The van der Waals surface area contributed by atoms with Crippen LogP contribution in [-0.2, 0) is 0 Å². The number of allylic oxidation sites excluding steroid dienone is 1. The first-order chi connectivity index (χ1) is 6.65. The maximum absolute atomic E-state index is 4.54. The van der Waals surface area contributed by atoms with Crippen molar-refractivity contribution in [3.8, 4) is 0 Å². The zero-order valence-electron chi connectivity index (χ0n) is 8.99. The summed E-state index contributed by atoms with van der Waals surface area (Å²) in [4.78, 5) is 0. The second kappa shape index (κ2) is 5.75. The molecule has 0 radical (unpaired) electrons. The van der Waals surface area contributed by atoms with Crippen molar-refractivity contribution in [3.05, 3.63) is 12.2 Å². The van der Waals surface area contributed by atoms with Crippen LogP contribution in [0.1, 0.15) is 20.3 Å². The van der Waals surface area contributed by atoms with Gasteiger partial charge in [-0.3, -0.25) is 0 Å². The van der Waals surface area contributed by atoms with Crippen LogP contribution < -0.4 is 27.9 Å². The number of nitrogens with one attached hydrogen (secondary N) is 1. The van der Waals surface area contributed by atoms with E-state index in [-0.39, 0.29) is 0 Å². The van der Waals surface area contributed by atoms with Crippen LogP contribution >= 0.6 is 12.6 Å². The Hall–Kier alpha value is 0.780. The second-order valence-electron chi connectivity index (χ2n) is 4.32. The van der Waals surface area contributed by atoms with E-state index in [1.807, 2.05) is 0 Å².